The molecule has 0 aromatic heterocycles. The highest BCUT2D eigenvalue weighted by Crippen LogP contribution is 2.20. The SMILES string of the molecule is C[C@H](NC(=O)[C@@H]1CCCN1C(=O)[C@H](CCCCN)NC(=O)[C@H](C)NC(=O)[C@@H]1CCCN1)C(=O)O. The zero-order valence-electron chi connectivity index (χ0n) is 20.0. The number of nitrogens with one attached hydrogen (secondary N) is 4. The van der Waals surface area contributed by atoms with Crippen molar-refractivity contribution in [3.05, 3.63) is 0 Å². The first-order valence-electron chi connectivity index (χ1n) is 12.0. The van der Waals surface area contributed by atoms with E-state index in [0.717, 1.165) is 13.0 Å². The Labute approximate surface area is 199 Å². The van der Waals surface area contributed by atoms with E-state index in [1.54, 1.807) is 6.92 Å². The van der Waals surface area contributed by atoms with Gasteiger partial charge in [0.1, 0.15) is 24.2 Å². The number of aliphatic carboxylic acids is 1. The van der Waals surface area contributed by atoms with Crippen molar-refractivity contribution >= 4 is 29.6 Å². The van der Waals surface area contributed by atoms with Gasteiger partial charge in [0.2, 0.25) is 23.6 Å². The smallest absolute Gasteiger partial charge is 0.325 e. The van der Waals surface area contributed by atoms with Crippen LogP contribution in [0.5, 0.6) is 0 Å². The topological polar surface area (TPSA) is 183 Å². The van der Waals surface area contributed by atoms with Gasteiger partial charge in [-0.2, -0.15) is 0 Å². The van der Waals surface area contributed by atoms with E-state index in [2.05, 4.69) is 21.3 Å². The molecule has 2 aliphatic rings. The standard InChI is InChI=1S/C22H38N6O6/c1-13(25-19(30)15-8-5-11-24-15)18(29)27-16(7-3-4-10-23)21(32)28-12-6-9-17(28)20(31)26-14(2)22(33)34/h13-17,24H,3-12,23H2,1-2H3,(H,25,30)(H,26,31)(H,27,29)(H,33,34)/t13-,14-,15-,16-,17-/m0/s1. The summed E-state index contributed by atoms with van der Waals surface area (Å²) < 4.78 is 0. The predicted molar refractivity (Wildman–Crippen MR) is 123 cm³/mol. The summed E-state index contributed by atoms with van der Waals surface area (Å²) in [5.74, 6) is -2.84. The Bertz CT molecular complexity index is 756. The molecule has 12 heteroatoms. The number of carboxylic acids is 1. The molecule has 192 valence electrons. The number of carbonyl (C=O) groups excluding carboxylic acids is 4. The van der Waals surface area contributed by atoms with Crippen LogP contribution in [0.15, 0.2) is 0 Å². The Morgan fingerprint density at radius 3 is 2.32 bits per heavy atom. The minimum atomic E-state index is -1.17. The molecule has 0 spiro atoms. The van der Waals surface area contributed by atoms with Crippen LogP contribution in [0.4, 0.5) is 0 Å². The van der Waals surface area contributed by atoms with Gasteiger partial charge in [-0.3, -0.25) is 24.0 Å². The van der Waals surface area contributed by atoms with Gasteiger partial charge >= 0.3 is 5.97 Å². The number of unbranched alkanes of at least 4 members (excludes halogenated alkanes) is 1. The molecule has 0 aromatic carbocycles. The molecule has 0 radical (unpaired) electrons. The first-order chi connectivity index (χ1) is 16.1. The number of hydrogen-bond donors (Lipinski definition) is 6. The van der Waals surface area contributed by atoms with E-state index in [1.165, 1.54) is 11.8 Å². The number of amides is 4. The van der Waals surface area contributed by atoms with Crippen LogP contribution in [0.2, 0.25) is 0 Å². The molecule has 0 unspecified atom stereocenters. The number of likely N-dealkylation sites (tertiary alicyclic amines) is 1. The highest BCUT2D eigenvalue weighted by molar-refractivity contribution is 5.95. The van der Waals surface area contributed by atoms with Gasteiger partial charge in [-0.1, -0.05) is 0 Å². The Hall–Kier alpha value is -2.73. The van der Waals surface area contributed by atoms with Crippen molar-refractivity contribution in [2.75, 3.05) is 19.6 Å². The van der Waals surface area contributed by atoms with Crippen molar-refractivity contribution in [3.63, 3.8) is 0 Å². The summed E-state index contributed by atoms with van der Waals surface area (Å²) in [6.07, 6.45) is 4.21. The molecule has 5 atom stereocenters. The van der Waals surface area contributed by atoms with Gasteiger partial charge in [0.05, 0.1) is 6.04 Å². The number of hydrogen-bond acceptors (Lipinski definition) is 7. The summed E-state index contributed by atoms with van der Waals surface area (Å²) in [6, 6.07) is -3.92. The average molecular weight is 483 g/mol. The van der Waals surface area contributed by atoms with Gasteiger partial charge in [0, 0.05) is 6.54 Å². The van der Waals surface area contributed by atoms with Gasteiger partial charge < -0.3 is 37.0 Å². The van der Waals surface area contributed by atoms with E-state index < -0.39 is 47.9 Å². The third-order valence-corrected chi connectivity index (χ3v) is 6.26. The van der Waals surface area contributed by atoms with E-state index in [9.17, 15) is 24.0 Å². The average Bonchev–Trinajstić information content (AvgIpc) is 3.50. The Morgan fingerprint density at radius 1 is 1.00 bits per heavy atom. The Morgan fingerprint density at radius 2 is 1.71 bits per heavy atom. The summed E-state index contributed by atoms with van der Waals surface area (Å²) >= 11 is 0. The molecular weight excluding hydrogens is 444 g/mol. The van der Waals surface area contributed by atoms with Crippen LogP contribution in [-0.4, -0.2) is 89.4 Å². The molecule has 2 heterocycles. The zero-order chi connectivity index (χ0) is 25.3. The molecule has 0 bridgehead atoms. The van der Waals surface area contributed by atoms with E-state index in [0.29, 0.717) is 51.6 Å². The highest BCUT2D eigenvalue weighted by Gasteiger charge is 2.38. The summed E-state index contributed by atoms with van der Waals surface area (Å²) in [6.45, 7) is 4.45. The third-order valence-electron chi connectivity index (χ3n) is 6.26. The number of carbonyl (C=O) groups is 5. The molecule has 12 nitrogen and oxygen atoms in total. The molecule has 2 rings (SSSR count). The quantitative estimate of drug-likeness (QED) is 0.180. The molecule has 0 aromatic rings. The normalized spacial score (nSPS) is 22.5. The second-order valence-electron chi connectivity index (χ2n) is 8.98. The molecule has 4 amide bonds. The lowest BCUT2D eigenvalue weighted by molar-refractivity contribution is -0.144. The Balaban J connectivity index is 2.04. The van der Waals surface area contributed by atoms with E-state index in [4.69, 9.17) is 10.8 Å². The second kappa shape index (κ2) is 13.2. The lowest BCUT2D eigenvalue weighted by Crippen LogP contribution is -2.57. The van der Waals surface area contributed by atoms with Gasteiger partial charge in [-0.05, 0) is 71.9 Å². The van der Waals surface area contributed by atoms with Crippen LogP contribution in [0.25, 0.3) is 0 Å². The van der Waals surface area contributed by atoms with Crippen molar-refractivity contribution < 1.29 is 29.1 Å². The number of carboxylic acid groups (broad SMARTS) is 1. The predicted octanol–water partition coefficient (Wildman–Crippen LogP) is -1.56. The molecule has 2 fully saturated rings. The number of rotatable bonds is 12. The molecule has 0 saturated carbocycles. The van der Waals surface area contributed by atoms with Crippen molar-refractivity contribution in [3.8, 4) is 0 Å². The van der Waals surface area contributed by atoms with E-state index in [1.807, 2.05) is 0 Å². The molecular formula is C22H38N6O6. The van der Waals surface area contributed by atoms with Gasteiger partial charge in [0.15, 0.2) is 0 Å². The maximum absolute atomic E-state index is 13.3. The van der Waals surface area contributed by atoms with Crippen molar-refractivity contribution in [2.24, 2.45) is 5.73 Å². The molecule has 7 N–H and O–H groups in total. The van der Waals surface area contributed by atoms with Crippen LogP contribution in [0.1, 0.15) is 58.8 Å². The van der Waals surface area contributed by atoms with Crippen LogP contribution in [0.3, 0.4) is 0 Å². The summed E-state index contributed by atoms with van der Waals surface area (Å²) in [7, 11) is 0. The monoisotopic (exact) mass is 482 g/mol. The van der Waals surface area contributed by atoms with Gasteiger partial charge in [0.25, 0.3) is 0 Å². The number of nitrogens with zero attached hydrogens (tertiary/aromatic N) is 1. The van der Waals surface area contributed by atoms with E-state index >= 15 is 0 Å². The minimum absolute atomic E-state index is 0.255. The summed E-state index contributed by atoms with van der Waals surface area (Å²) in [5.41, 5.74) is 5.57. The highest BCUT2D eigenvalue weighted by atomic mass is 16.4. The summed E-state index contributed by atoms with van der Waals surface area (Å²) in [5, 5.41) is 20.0. The third kappa shape index (κ3) is 7.66. The largest absolute Gasteiger partial charge is 0.480 e. The zero-order valence-corrected chi connectivity index (χ0v) is 20.0. The Kier molecular flexibility index (Phi) is 10.7. The van der Waals surface area contributed by atoms with Crippen LogP contribution in [0, 0.1) is 0 Å². The lowest BCUT2D eigenvalue weighted by Gasteiger charge is -2.30. The number of nitrogens with two attached hydrogens (primary N) is 1. The van der Waals surface area contributed by atoms with Gasteiger partial charge in [-0.25, -0.2) is 0 Å². The fourth-order valence-electron chi connectivity index (χ4n) is 4.21. The van der Waals surface area contributed by atoms with Crippen molar-refractivity contribution in [2.45, 2.75) is 89.0 Å². The molecule has 34 heavy (non-hydrogen) atoms. The van der Waals surface area contributed by atoms with Crippen LogP contribution < -0.4 is 27.0 Å². The lowest BCUT2D eigenvalue weighted by atomic mass is 10.1. The fourth-order valence-corrected chi connectivity index (χ4v) is 4.21. The molecule has 2 aliphatic heterocycles. The van der Waals surface area contributed by atoms with Crippen molar-refractivity contribution in [1.29, 1.82) is 0 Å². The van der Waals surface area contributed by atoms with Crippen LogP contribution in [-0.2, 0) is 24.0 Å². The van der Waals surface area contributed by atoms with E-state index in [-0.39, 0.29) is 11.9 Å². The second-order valence-corrected chi connectivity index (χ2v) is 8.98. The van der Waals surface area contributed by atoms with Crippen LogP contribution >= 0.6 is 0 Å². The fraction of sp³-hybridized carbons (Fsp3) is 0.773. The van der Waals surface area contributed by atoms with Crippen molar-refractivity contribution in [1.82, 2.24) is 26.2 Å². The maximum atomic E-state index is 13.3. The van der Waals surface area contributed by atoms with Gasteiger partial charge in [-0.15, -0.1) is 0 Å². The minimum Gasteiger partial charge on any atom is -0.480 e. The first-order valence-corrected chi connectivity index (χ1v) is 12.0. The summed E-state index contributed by atoms with van der Waals surface area (Å²) in [4.78, 5) is 63.6. The molecule has 0 aliphatic carbocycles. The first kappa shape index (κ1) is 27.5. The maximum Gasteiger partial charge on any atom is 0.325 e. The molecule has 2 saturated heterocycles.